The lowest BCUT2D eigenvalue weighted by molar-refractivity contribution is -0.138. The molecule has 0 radical (unpaired) electrons. The van der Waals surface area contributed by atoms with Crippen LogP contribution in [0.3, 0.4) is 0 Å². The quantitative estimate of drug-likeness (QED) is 0.883. The van der Waals surface area contributed by atoms with E-state index in [-0.39, 0.29) is 12.3 Å². The summed E-state index contributed by atoms with van der Waals surface area (Å²) in [5, 5.41) is 10.6. The summed E-state index contributed by atoms with van der Waals surface area (Å²) in [6.45, 7) is 4.71. The molecule has 0 atom stereocenters. The molecule has 126 valence electrons. The molecule has 1 aromatic rings. The average Bonchev–Trinajstić information content (AvgIpc) is 2.59. The highest BCUT2D eigenvalue weighted by molar-refractivity contribution is 5.77. The number of anilines is 1. The summed E-state index contributed by atoms with van der Waals surface area (Å²) in [7, 11) is 2.05. The summed E-state index contributed by atoms with van der Waals surface area (Å²) in [5.74, 6) is 1.05. The molecule has 0 aromatic carbocycles. The highest BCUT2D eigenvalue weighted by atomic mass is 16.3. The standard InChI is InChI=1S/C17H26N4O2/c1-19-8-5-17(23,6-9-19)14-16(22)21-12-10-20(11-13-21)15-4-2-3-7-18-15/h2-4,7,23H,5-6,8-14H2,1H3. The van der Waals surface area contributed by atoms with Gasteiger partial charge < -0.3 is 19.8 Å². The molecule has 2 fully saturated rings. The largest absolute Gasteiger partial charge is 0.389 e. The van der Waals surface area contributed by atoms with Crippen LogP contribution in [0.1, 0.15) is 19.3 Å². The molecule has 2 aliphatic heterocycles. The van der Waals surface area contributed by atoms with Crippen molar-refractivity contribution < 1.29 is 9.90 Å². The SMILES string of the molecule is CN1CCC(O)(CC(=O)N2CCN(c3ccccn3)CC2)CC1. The summed E-state index contributed by atoms with van der Waals surface area (Å²) in [5.41, 5.74) is -0.818. The van der Waals surface area contributed by atoms with E-state index < -0.39 is 5.60 Å². The molecule has 3 heterocycles. The van der Waals surface area contributed by atoms with Gasteiger partial charge in [0.25, 0.3) is 0 Å². The molecule has 0 bridgehead atoms. The zero-order chi connectivity index (χ0) is 16.3. The Kier molecular flexibility index (Phi) is 4.82. The normalized spacial score (nSPS) is 22.2. The lowest BCUT2D eigenvalue weighted by atomic mass is 9.88. The first-order chi connectivity index (χ1) is 11.1. The fraction of sp³-hybridized carbons (Fsp3) is 0.647. The maximum Gasteiger partial charge on any atom is 0.225 e. The second-order valence-corrected chi connectivity index (χ2v) is 6.76. The van der Waals surface area contributed by atoms with E-state index in [4.69, 9.17) is 0 Å². The Morgan fingerprint density at radius 2 is 1.87 bits per heavy atom. The van der Waals surface area contributed by atoms with Crippen molar-refractivity contribution >= 4 is 11.7 Å². The van der Waals surface area contributed by atoms with E-state index in [1.54, 1.807) is 6.20 Å². The number of nitrogens with zero attached hydrogens (tertiary/aromatic N) is 4. The Balaban J connectivity index is 1.50. The highest BCUT2D eigenvalue weighted by Crippen LogP contribution is 2.26. The average molecular weight is 318 g/mol. The summed E-state index contributed by atoms with van der Waals surface area (Å²) >= 11 is 0. The number of piperazine rings is 1. The highest BCUT2D eigenvalue weighted by Gasteiger charge is 2.35. The number of aromatic nitrogens is 1. The third-order valence-corrected chi connectivity index (χ3v) is 5.00. The van der Waals surface area contributed by atoms with Crippen molar-refractivity contribution in [3.63, 3.8) is 0 Å². The molecule has 0 aliphatic carbocycles. The third-order valence-electron chi connectivity index (χ3n) is 5.00. The number of pyridine rings is 1. The van der Waals surface area contributed by atoms with Gasteiger partial charge in [0.15, 0.2) is 0 Å². The molecule has 3 rings (SSSR count). The van der Waals surface area contributed by atoms with Crippen LogP contribution in [0.4, 0.5) is 5.82 Å². The van der Waals surface area contributed by atoms with Crippen LogP contribution in [0, 0.1) is 0 Å². The van der Waals surface area contributed by atoms with Crippen molar-refractivity contribution in [3.8, 4) is 0 Å². The Morgan fingerprint density at radius 1 is 1.17 bits per heavy atom. The summed E-state index contributed by atoms with van der Waals surface area (Å²) in [6, 6.07) is 5.89. The van der Waals surface area contributed by atoms with Crippen LogP contribution in [0.25, 0.3) is 0 Å². The van der Waals surface area contributed by atoms with Crippen LogP contribution in [-0.2, 0) is 4.79 Å². The third kappa shape index (κ3) is 4.00. The molecule has 6 nitrogen and oxygen atoms in total. The van der Waals surface area contributed by atoms with Gasteiger partial charge in [-0.15, -0.1) is 0 Å². The van der Waals surface area contributed by atoms with Gasteiger partial charge in [0.1, 0.15) is 5.82 Å². The van der Waals surface area contributed by atoms with E-state index in [1.165, 1.54) is 0 Å². The molecule has 1 N–H and O–H groups in total. The Hall–Kier alpha value is -1.66. The molecule has 0 spiro atoms. The number of carbonyl (C=O) groups excluding carboxylic acids is 1. The van der Waals surface area contributed by atoms with E-state index in [1.807, 2.05) is 23.1 Å². The molecule has 2 aliphatic rings. The van der Waals surface area contributed by atoms with E-state index >= 15 is 0 Å². The fourth-order valence-electron chi connectivity index (χ4n) is 3.33. The minimum atomic E-state index is -0.818. The first kappa shape index (κ1) is 16.2. The number of piperidine rings is 1. The van der Waals surface area contributed by atoms with Gasteiger partial charge in [-0.05, 0) is 32.0 Å². The number of hydrogen-bond donors (Lipinski definition) is 1. The number of aliphatic hydroxyl groups is 1. The van der Waals surface area contributed by atoms with Crippen LogP contribution < -0.4 is 4.90 Å². The van der Waals surface area contributed by atoms with Gasteiger partial charge in [-0.2, -0.15) is 0 Å². The number of likely N-dealkylation sites (tertiary alicyclic amines) is 1. The fourth-order valence-corrected chi connectivity index (χ4v) is 3.33. The summed E-state index contributed by atoms with van der Waals surface area (Å²) in [4.78, 5) is 23.2. The molecular weight excluding hydrogens is 292 g/mol. The smallest absolute Gasteiger partial charge is 0.225 e. The minimum Gasteiger partial charge on any atom is -0.389 e. The van der Waals surface area contributed by atoms with Crippen molar-refractivity contribution in [1.29, 1.82) is 0 Å². The second-order valence-electron chi connectivity index (χ2n) is 6.76. The van der Waals surface area contributed by atoms with E-state index in [2.05, 4.69) is 21.8 Å². The predicted octanol–water partition coefficient (Wildman–Crippen LogP) is 0.577. The maximum absolute atomic E-state index is 12.5. The minimum absolute atomic E-state index is 0.0812. The molecule has 6 heteroatoms. The van der Waals surface area contributed by atoms with Crippen LogP contribution >= 0.6 is 0 Å². The van der Waals surface area contributed by atoms with Crippen LogP contribution in [-0.4, -0.2) is 77.7 Å². The maximum atomic E-state index is 12.5. The van der Waals surface area contributed by atoms with Crippen LogP contribution in [0.2, 0.25) is 0 Å². The summed E-state index contributed by atoms with van der Waals surface area (Å²) in [6.07, 6.45) is 3.42. The first-order valence-electron chi connectivity index (χ1n) is 8.40. The van der Waals surface area contributed by atoms with Gasteiger partial charge in [-0.3, -0.25) is 4.79 Å². The van der Waals surface area contributed by atoms with E-state index in [9.17, 15) is 9.90 Å². The van der Waals surface area contributed by atoms with Crippen molar-refractivity contribution in [2.75, 3.05) is 51.2 Å². The lowest BCUT2D eigenvalue weighted by Gasteiger charge is -2.39. The zero-order valence-corrected chi connectivity index (χ0v) is 13.8. The molecule has 1 amide bonds. The molecule has 1 aromatic heterocycles. The van der Waals surface area contributed by atoms with E-state index in [0.29, 0.717) is 25.9 Å². The van der Waals surface area contributed by atoms with Gasteiger partial charge in [0.2, 0.25) is 5.91 Å². The number of rotatable bonds is 3. The van der Waals surface area contributed by atoms with Gasteiger partial charge in [0.05, 0.1) is 12.0 Å². The Bertz CT molecular complexity index is 521. The Morgan fingerprint density at radius 3 is 2.48 bits per heavy atom. The molecule has 2 saturated heterocycles. The van der Waals surface area contributed by atoms with Crippen molar-refractivity contribution in [3.05, 3.63) is 24.4 Å². The topological polar surface area (TPSA) is 59.9 Å². The number of hydrogen-bond acceptors (Lipinski definition) is 5. The number of carbonyl (C=O) groups is 1. The molecule has 0 saturated carbocycles. The molecule has 23 heavy (non-hydrogen) atoms. The van der Waals surface area contributed by atoms with E-state index in [0.717, 1.165) is 32.0 Å². The predicted molar refractivity (Wildman–Crippen MR) is 89.3 cm³/mol. The zero-order valence-electron chi connectivity index (χ0n) is 13.8. The number of amides is 1. The van der Waals surface area contributed by atoms with Gasteiger partial charge in [-0.25, -0.2) is 4.98 Å². The Labute approximate surface area is 137 Å². The lowest BCUT2D eigenvalue weighted by Crippen LogP contribution is -2.52. The first-order valence-corrected chi connectivity index (χ1v) is 8.40. The van der Waals surface area contributed by atoms with Crippen molar-refractivity contribution in [2.24, 2.45) is 0 Å². The monoisotopic (exact) mass is 318 g/mol. The molecule has 0 unspecified atom stereocenters. The second kappa shape index (κ2) is 6.84. The summed E-state index contributed by atoms with van der Waals surface area (Å²) < 4.78 is 0. The van der Waals surface area contributed by atoms with Crippen LogP contribution in [0.5, 0.6) is 0 Å². The van der Waals surface area contributed by atoms with Crippen molar-refractivity contribution in [1.82, 2.24) is 14.8 Å². The van der Waals surface area contributed by atoms with Gasteiger partial charge >= 0.3 is 0 Å². The molecular formula is C17H26N4O2. The van der Waals surface area contributed by atoms with Crippen molar-refractivity contribution in [2.45, 2.75) is 24.9 Å². The van der Waals surface area contributed by atoms with Crippen LogP contribution in [0.15, 0.2) is 24.4 Å². The van der Waals surface area contributed by atoms with Gasteiger partial charge in [-0.1, -0.05) is 6.07 Å². The van der Waals surface area contributed by atoms with Gasteiger partial charge in [0, 0.05) is 45.5 Å².